The number of nitrogens with zero attached hydrogens (tertiary/aromatic N) is 4. The first kappa shape index (κ1) is 13.7. The Kier molecular flexibility index (Phi) is 3.42. The molecule has 0 radical (unpaired) electrons. The van der Waals surface area contributed by atoms with Gasteiger partial charge in [0.2, 0.25) is 0 Å². The molecule has 2 aromatic heterocycles. The molecule has 7 heteroatoms. The van der Waals surface area contributed by atoms with Crippen LogP contribution in [0.1, 0.15) is 24.2 Å². The fourth-order valence-electron chi connectivity index (χ4n) is 2.05. The molecular weight excluding hydrogens is 291 g/mol. The van der Waals surface area contributed by atoms with Crippen molar-refractivity contribution < 1.29 is 4.39 Å². The minimum atomic E-state index is -0.304. The average Bonchev–Trinajstić information content (AvgIpc) is 3.05. The highest BCUT2D eigenvalue weighted by Crippen LogP contribution is 2.17. The molecule has 0 saturated heterocycles. The average molecular weight is 304 g/mol. The highest BCUT2D eigenvalue weighted by molar-refractivity contribution is 7.12. The van der Waals surface area contributed by atoms with Gasteiger partial charge in [-0.1, -0.05) is 12.1 Å². The van der Waals surface area contributed by atoms with E-state index in [4.69, 9.17) is 0 Å². The van der Waals surface area contributed by atoms with Gasteiger partial charge in [0, 0.05) is 5.38 Å². The van der Waals surface area contributed by atoms with Gasteiger partial charge in [-0.3, -0.25) is 0 Å². The molecule has 5 nitrogen and oxygen atoms in total. The molecule has 1 aromatic carbocycles. The van der Waals surface area contributed by atoms with Crippen molar-refractivity contribution in [2.45, 2.75) is 19.9 Å². The molecule has 0 bridgehead atoms. The van der Waals surface area contributed by atoms with Crippen LogP contribution in [0.5, 0.6) is 0 Å². The Morgan fingerprint density at radius 3 is 2.62 bits per heavy atom. The topological polar surface area (TPSA) is 52.7 Å². The monoisotopic (exact) mass is 304 g/mol. The molecule has 21 heavy (non-hydrogen) atoms. The van der Waals surface area contributed by atoms with Crippen LogP contribution in [0.15, 0.2) is 40.8 Å². The lowest BCUT2D eigenvalue weighted by atomic mass is 10.1. The molecule has 0 fully saturated rings. The normalized spacial score (nSPS) is 12.5. The summed E-state index contributed by atoms with van der Waals surface area (Å²) in [5.41, 5.74) is 1.42. The van der Waals surface area contributed by atoms with E-state index >= 15 is 0 Å². The summed E-state index contributed by atoms with van der Waals surface area (Å²) >= 11 is 1.39. The number of thiazole rings is 1. The minimum Gasteiger partial charge on any atom is -0.245 e. The molecule has 0 amide bonds. The second kappa shape index (κ2) is 5.25. The number of aryl methyl sites for hydroxylation is 1. The third-order valence-corrected chi connectivity index (χ3v) is 4.18. The van der Waals surface area contributed by atoms with Gasteiger partial charge in [0.25, 0.3) is 0 Å². The molecule has 0 N–H and O–H groups in total. The number of rotatable bonds is 3. The van der Waals surface area contributed by atoms with Crippen molar-refractivity contribution in [2.75, 3.05) is 0 Å². The van der Waals surface area contributed by atoms with Crippen molar-refractivity contribution in [1.29, 1.82) is 0 Å². The summed E-state index contributed by atoms with van der Waals surface area (Å²) < 4.78 is 15.7. The van der Waals surface area contributed by atoms with Crippen molar-refractivity contribution in [3.05, 3.63) is 63.5 Å². The van der Waals surface area contributed by atoms with E-state index in [0.717, 1.165) is 11.3 Å². The van der Waals surface area contributed by atoms with E-state index in [2.05, 4.69) is 10.1 Å². The summed E-state index contributed by atoms with van der Waals surface area (Å²) in [7, 11) is 0. The van der Waals surface area contributed by atoms with Crippen molar-refractivity contribution >= 4 is 11.3 Å². The number of hydrogen-bond donors (Lipinski definition) is 0. The van der Waals surface area contributed by atoms with E-state index in [1.54, 1.807) is 12.1 Å². The minimum absolute atomic E-state index is 0.263. The Hall–Kier alpha value is -2.28. The van der Waals surface area contributed by atoms with Gasteiger partial charge in [0.1, 0.15) is 12.1 Å². The predicted octanol–water partition coefficient (Wildman–Crippen LogP) is 2.55. The van der Waals surface area contributed by atoms with Gasteiger partial charge in [-0.2, -0.15) is 5.10 Å². The maximum atomic E-state index is 13.0. The lowest BCUT2D eigenvalue weighted by Gasteiger charge is -2.10. The van der Waals surface area contributed by atoms with E-state index in [9.17, 15) is 9.18 Å². The summed E-state index contributed by atoms with van der Waals surface area (Å²) in [6.45, 7) is 3.72. The molecule has 3 rings (SSSR count). The van der Waals surface area contributed by atoms with Gasteiger partial charge >= 0.3 is 5.69 Å². The fraction of sp³-hybridized carbons (Fsp3) is 0.214. The molecule has 0 saturated carbocycles. The van der Waals surface area contributed by atoms with Crippen LogP contribution in [0.4, 0.5) is 4.39 Å². The quantitative estimate of drug-likeness (QED) is 0.747. The molecule has 0 aliphatic rings. The van der Waals surface area contributed by atoms with Gasteiger partial charge in [-0.15, -0.1) is 11.3 Å². The first-order valence-corrected chi connectivity index (χ1v) is 7.28. The fourth-order valence-corrected chi connectivity index (χ4v) is 2.81. The van der Waals surface area contributed by atoms with Gasteiger partial charge in [0.15, 0.2) is 5.13 Å². The maximum absolute atomic E-state index is 13.0. The Labute approximate surface area is 124 Å². The van der Waals surface area contributed by atoms with Crippen LogP contribution in [0.25, 0.3) is 5.13 Å². The van der Waals surface area contributed by atoms with Crippen LogP contribution >= 0.6 is 11.3 Å². The van der Waals surface area contributed by atoms with E-state index in [0.29, 0.717) is 5.13 Å². The van der Waals surface area contributed by atoms with Crippen LogP contribution in [-0.4, -0.2) is 19.3 Å². The number of aromatic nitrogens is 4. The Balaban J connectivity index is 1.98. The van der Waals surface area contributed by atoms with E-state index in [1.807, 2.05) is 19.2 Å². The predicted molar refractivity (Wildman–Crippen MR) is 78.4 cm³/mol. The number of halogens is 1. The van der Waals surface area contributed by atoms with Crippen molar-refractivity contribution in [2.24, 2.45) is 0 Å². The SMILES string of the molecule is Cc1csc(-n2cnn(C(C)c3ccc(F)cc3)c2=O)n1. The molecule has 108 valence electrons. The molecule has 1 unspecified atom stereocenters. The zero-order valence-electron chi connectivity index (χ0n) is 11.5. The van der Waals surface area contributed by atoms with Crippen LogP contribution in [0, 0.1) is 12.7 Å². The van der Waals surface area contributed by atoms with Crippen LogP contribution in [0.3, 0.4) is 0 Å². The summed E-state index contributed by atoms with van der Waals surface area (Å²) in [6, 6.07) is 5.77. The highest BCUT2D eigenvalue weighted by atomic mass is 32.1. The van der Waals surface area contributed by atoms with Crippen molar-refractivity contribution in [3.63, 3.8) is 0 Å². The summed E-state index contributed by atoms with van der Waals surface area (Å²) in [5, 5.41) is 6.61. The van der Waals surface area contributed by atoms with Gasteiger partial charge in [-0.25, -0.2) is 23.4 Å². The largest absolute Gasteiger partial charge is 0.352 e. The van der Waals surface area contributed by atoms with Crippen molar-refractivity contribution in [3.8, 4) is 5.13 Å². The van der Waals surface area contributed by atoms with Gasteiger partial charge < -0.3 is 0 Å². The molecular formula is C14H13FN4OS. The van der Waals surface area contributed by atoms with Gasteiger partial charge in [0.05, 0.1) is 11.7 Å². The van der Waals surface area contributed by atoms with Crippen LogP contribution in [0.2, 0.25) is 0 Å². The van der Waals surface area contributed by atoms with Crippen LogP contribution in [-0.2, 0) is 0 Å². The highest BCUT2D eigenvalue weighted by Gasteiger charge is 2.16. The summed E-state index contributed by atoms with van der Waals surface area (Å²) in [6.07, 6.45) is 1.46. The van der Waals surface area contributed by atoms with Gasteiger partial charge in [-0.05, 0) is 31.5 Å². The third-order valence-electron chi connectivity index (χ3n) is 3.23. The van der Waals surface area contributed by atoms with Crippen LogP contribution < -0.4 is 5.69 Å². The summed E-state index contributed by atoms with van der Waals surface area (Å²) in [4.78, 5) is 16.7. The zero-order valence-corrected chi connectivity index (χ0v) is 12.3. The lowest BCUT2D eigenvalue weighted by Crippen LogP contribution is -2.26. The Morgan fingerprint density at radius 2 is 2.00 bits per heavy atom. The molecule has 1 atom stereocenters. The maximum Gasteiger partial charge on any atom is 0.352 e. The Morgan fingerprint density at radius 1 is 1.29 bits per heavy atom. The summed E-state index contributed by atoms with van der Waals surface area (Å²) in [5.74, 6) is -0.304. The second-order valence-corrected chi connectivity index (χ2v) is 5.56. The second-order valence-electron chi connectivity index (χ2n) is 4.73. The van der Waals surface area contributed by atoms with E-state index in [1.165, 1.54) is 39.0 Å². The molecule has 2 heterocycles. The zero-order chi connectivity index (χ0) is 15.0. The number of benzene rings is 1. The third kappa shape index (κ3) is 2.52. The first-order chi connectivity index (χ1) is 10.1. The first-order valence-electron chi connectivity index (χ1n) is 6.40. The standard InChI is InChI=1S/C14H13FN4OS/c1-9-7-21-13(17-9)18-8-16-19(14(18)20)10(2)11-3-5-12(15)6-4-11/h3-8,10H,1-2H3. The number of hydrogen-bond acceptors (Lipinski definition) is 4. The van der Waals surface area contributed by atoms with E-state index < -0.39 is 0 Å². The Bertz CT molecular complexity index is 818. The molecule has 0 spiro atoms. The van der Waals surface area contributed by atoms with Crippen molar-refractivity contribution in [1.82, 2.24) is 19.3 Å². The molecule has 0 aliphatic carbocycles. The molecule has 0 aliphatic heterocycles. The lowest BCUT2D eigenvalue weighted by molar-refractivity contribution is 0.539. The molecule has 3 aromatic rings. The van der Waals surface area contributed by atoms with E-state index in [-0.39, 0.29) is 17.5 Å². The smallest absolute Gasteiger partial charge is 0.245 e.